The van der Waals surface area contributed by atoms with E-state index in [1.165, 1.54) is 12.1 Å². The second-order valence-corrected chi connectivity index (χ2v) is 13.6. The molecular formula is C30H36ClNO4S2. The van der Waals surface area contributed by atoms with E-state index in [2.05, 4.69) is 29.8 Å². The third kappa shape index (κ3) is 8.34. The maximum Gasteiger partial charge on any atom is 0.339 e. The Bertz CT molecular complexity index is 1360. The SMILES string of the molecule is CC(=S)CC(C)c1ccc2c(CCCCNS(=O)(=O)c3ccc(Cl)cc3)cc(C(=O)OC(C)(C)C)c-2cc1. The molecule has 1 unspecified atom stereocenters. The molecule has 1 atom stereocenters. The van der Waals surface area contributed by atoms with Crippen LogP contribution in [0.15, 0.2) is 59.5 Å². The number of carbonyl (C=O) groups excluding carboxylic acids is 1. The second kappa shape index (κ2) is 12.7. The molecule has 0 radical (unpaired) electrons. The first-order chi connectivity index (χ1) is 17.8. The minimum Gasteiger partial charge on any atom is -0.456 e. The number of aryl methyl sites for hydroxylation is 1. The summed E-state index contributed by atoms with van der Waals surface area (Å²) in [6, 6.07) is 16.3. The highest BCUT2D eigenvalue weighted by Gasteiger charge is 2.25. The van der Waals surface area contributed by atoms with Crippen LogP contribution in [0.5, 0.6) is 0 Å². The average Bonchev–Trinajstić information content (AvgIpc) is 3.00. The van der Waals surface area contributed by atoms with E-state index in [9.17, 15) is 13.2 Å². The van der Waals surface area contributed by atoms with Crippen LogP contribution in [0, 0.1) is 0 Å². The van der Waals surface area contributed by atoms with E-state index in [0.717, 1.165) is 40.0 Å². The van der Waals surface area contributed by atoms with Gasteiger partial charge in [0.15, 0.2) is 0 Å². The van der Waals surface area contributed by atoms with Crippen LogP contribution in [0.25, 0.3) is 11.1 Å². The van der Waals surface area contributed by atoms with E-state index >= 15 is 0 Å². The molecule has 0 saturated carbocycles. The van der Waals surface area contributed by atoms with E-state index in [1.54, 1.807) is 12.1 Å². The van der Waals surface area contributed by atoms with Crippen molar-refractivity contribution >= 4 is 44.7 Å². The first-order valence-corrected chi connectivity index (χ1v) is 15.1. The maximum atomic E-state index is 13.1. The summed E-state index contributed by atoms with van der Waals surface area (Å²) in [5, 5.41) is 0.487. The van der Waals surface area contributed by atoms with Crippen LogP contribution >= 0.6 is 23.8 Å². The van der Waals surface area contributed by atoms with Gasteiger partial charge in [0.1, 0.15) is 5.60 Å². The van der Waals surface area contributed by atoms with E-state index in [4.69, 9.17) is 28.6 Å². The number of sulfonamides is 1. The lowest BCUT2D eigenvalue weighted by atomic mass is 9.98. The average molecular weight is 574 g/mol. The van der Waals surface area contributed by atoms with Crippen LogP contribution in [0.3, 0.4) is 0 Å². The van der Waals surface area contributed by atoms with E-state index in [1.807, 2.05) is 39.8 Å². The summed E-state index contributed by atoms with van der Waals surface area (Å²) in [7, 11) is -3.59. The highest BCUT2D eigenvalue weighted by atomic mass is 35.5. The Kier molecular flexibility index (Phi) is 10.1. The predicted molar refractivity (Wildman–Crippen MR) is 159 cm³/mol. The maximum absolute atomic E-state index is 13.1. The first kappa shape index (κ1) is 30.2. The smallest absolute Gasteiger partial charge is 0.339 e. The number of thiocarbonyl (C=S) groups is 1. The van der Waals surface area contributed by atoms with Crippen LogP contribution in [0.4, 0.5) is 0 Å². The number of benzene rings is 1. The molecular weight excluding hydrogens is 538 g/mol. The highest BCUT2D eigenvalue weighted by molar-refractivity contribution is 7.89. The molecule has 1 aromatic carbocycles. The van der Waals surface area contributed by atoms with Gasteiger partial charge in [0.2, 0.25) is 10.0 Å². The number of fused-ring (bicyclic) bond motifs is 1. The quantitative estimate of drug-likeness (QED) is 0.145. The standard InChI is InChI=1S/C30H36ClNO4S2/c1-20(18-21(2)37)22-9-15-26-23(19-28(27(26)16-10-22)29(33)36-30(3,4)5)8-6-7-17-32-38(34,35)25-13-11-24(31)12-14-25/h9-16,19-20,32H,6-8,17-18H2,1-5H3. The van der Waals surface area contributed by atoms with Crippen LogP contribution in [-0.4, -0.2) is 31.4 Å². The fourth-order valence-electron chi connectivity index (χ4n) is 4.37. The number of hydrogen-bond donors (Lipinski definition) is 1. The molecule has 8 heteroatoms. The Labute approximate surface area is 237 Å². The molecule has 0 bridgehead atoms. The largest absolute Gasteiger partial charge is 0.456 e. The van der Waals surface area contributed by atoms with Crippen LogP contribution in [0.2, 0.25) is 5.02 Å². The first-order valence-electron chi connectivity index (χ1n) is 12.8. The van der Waals surface area contributed by atoms with Crippen LogP contribution in [0.1, 0.15) is 81.3 Å². The Morgan fingerprint density at radius 3 is 2.26 bits per heavy atom. The normalized spacial score (nSPS) is 12.9. The van der Waals surface area contributed by atoms with Crippen molar-refractivity contribution in [3.63, 3.8) is 0 Å². The summed E-state index contributed by atoms with van der Waals surface area (Å²) in [4.78, 5) is 14.2. The summed E-state index contributed by atoms with van der Waals surface area (Å²) >= 11 is 11.2. The van der Waals surface area contributed by atoms with E-state index in [0.29, 0.717) is 30.0 Å². The molecule has 2 aliphatic rings. The summed E-state index contributed by atoms with van der Waals surface area (Å²) in [6.45, 7) is 9.99. The van der Waals surface area contributed by atoms with Crippen molar-refractivity contribution in [3.8, 4) is 11.1 Å². The van der Waals surface area contributed by atoms with Gasteiger partial charge in [0, 0.05) is 11.6 Å². The van der Waals surface area contributed by atoms with Crippen LogP contribution < -0.4 is 4.72 Å². The molecule has 5 nitrogen and oxygen atoms in total. The van der Waals surface area contributed by atoms with Crippen molar-refractivity contribution < 1.29 is 17.9 Å². The molecule has 1 N–H and O–H groups in total. The van der Waals surface area contributed by atoms with Gasteiger partial charge in [0.25, 0.3) is 0 Å². The number of carbonyl (C=O) groups is 1. The van der Waals surface area contributed by atoms with Crippen molar-refractivity contribution in [2.45, 2.75) is 76.7 Å². The zero-order valence-corrected chi connectivity index (χ0v) is 25.0. The van der Waals surface area contributed by atoms with Crippen molar-refractivity contribution in [2.24, 2.45) is 0 Å². The summed E-state index contributed by atoms with van der Waals surface area (Å²) < 4.78 is 33.4. The molecule has 0 saturated heterocycles. The van der Waals surface area contributed by atoms with E-state index < -0.39 is 15.6 Å². The molecule has 0 aliphatic heterocycles. The van der Waals surface area contributed by atoms with Crippen molar-refractivity contribution in [1.29, 1.82) is 0 Å². The Hall–Kier alpha value is -2.32. The molecule has 0 heterocycles. The van der Waals surface area contributed by atoms with Crippen molar-refractivity contribution in [2.75, 3.05) is 6.54 Å². The molecule has 204 valence electrons. The predicted octanol–water partition coefficient (Wildman–Crippen LogP) is 7.58. The fourth-order valence-corrected chi connectivity index (χ4v) is 5.82. The van der Waals surface area contributed by atoms with Gasteiger partial charge in [-0.1, -0.05) is 55.0 Å². The number of ether oxygens (including phenoxy) is 1. The number of rotatable bonds is 11. The molecule has 38 heavy (non-hydrogen) atoms. The van der Waals surface area contributed by atoms with Gasteiger partial charge in [0.05, 0.1) is 10.5 Å². The minimum absolute atomic E-state index is 0.187. The number of unbranched alkanes of at least 4 members (excludes halogenated alkanes) is 1. The van der Waals surface area contributed by atoms with Gasteiger partial charge in [-0.3, -0.25) is 0 Å². The molecule has 1 aromatic rings. The second-order valence-electron chi connectivity index (χ2n) is 10.7. The number of hydrogen-bond acceptors (Lipinski definition) is 5. The molecule has 0 fully saturated rings. The summed E-state index contributed by atoms with van der Waals surface area (Å²) in [6.07, 6.45) is 2.93. The highest BCUT2D eigenvalue weighted by Crippen LogP contribution is 2.35. The monoisotopic (exact) mass is 573 g/mol. The third-order valence-electron chi connectivity index (χ3n) is 6.20. The van der Waals surface area contributed by atoms with E-state index in [-0.39, 0.29) is 16.8 Å². The molecule has 3 rings (SSSR count). The topological polar surface area (TPSA) is 72.5 Å². The van der Waals surface area contributed by atoms with Gasteiger partial charge < -0.3 is 4.74 Å². The molecule has 2 aliphatic carbocycles. The minimum atomic E-state index is -3.59. The van der Waals surface area contributed by atoms with Gasteiger partial charge in [-0.2, -0.15) is 0 Å². The third-order valence-corrected chi connectivity index (χ3v) is 8.10. The summed E-state index contributed by atoms with van der Waals surface area (Å²) in [5.41, 5.74) is 4.01. The van der Waals surface area contributed by atoms with Gasteiger partial charge >= 0.3 is 5.97 Å². The molecule has 0 aromatic heterocycles. The number of halogens is 1. The van der Waals surface area contributed by atoms with Crippen molar-refractivity contribution in [3.05, 3.63) is 76.3 Å². The van der Waals surface area contributed by atoms with Gasteiger partial charge in [-0.05, 0) is 117 Å². The molecule has 0 spiro atoms. The van der Waals surface area contributed by atoms with Crippen LogP contribution in [-0.2, 0) is 21.2 Å². The number of nitrogens with one attached hydrogen (secondary N) is 1. The lowest BCUT2D eigenvalue weighted by Gasteiger charge is -2.19. The Balaban J connectivity index is 1.77. The fraction of sp³-hybridized carbons (Fsp3) is 0.400. The van der Waals surface area contributed by atoms with Gasteiger partial charge in [-0.15, -0.1) is 0 Å². The zero-order valence-electron chi connectivity index (χ0n) is 22.6. The summed E-state index contributed by atoms with van der Waals surface area (Å²) in [5.74, 6) is -0.0777. The lowest BCUT2D eigenvalue weighted by molar-refractivity contribution is 0.00708. The Morgan fingerprint density at radius 2 is 1.66 bits per heavy atom. The van der Waals surface area contributed by atoms with Gasteiger partial charge in [-0.25, -0.2) is 17.9 Å². The zero-order chi connectivity index (χ0) is 28.1. The lowest BCUT2D eigenvalue weighted by Crippen LogP contribution is -2.24. The number of esters is 1. The van der Waals surface area contributed by atoms with Crippen molar-refractivity contribution in [1.82, 2.24) is 4.72 Å². The molecule has 0 amide bonds. The Morgan fingerprint density at radius 1 is 1.03 bits per heavy atom.